The van der Waals surface area contributed by atoms with E-state index in [1.807, 2.05) is 0 Å². The predicted octanol–water partition coefficient (Wildman–Crippen LogP) is 5.80. The first-order valence-electron chi connectivity index (χ1n) is 11.7. The third kappa shape index (κ3) is 4.57. The van der Waals surface area contributed by atoms with Gasteiger partial charge in [-0.05, 0) is 67.1 Å². The molecule has 1 unspecified atom stereocenters. The predicted molar refractivity (Wildman–Crippen MR) is 131 cm³/mol. The van der Waals surface area contributed by atoms with Crippen molar-refractivity contribution in [1.82, 2.24) is 4.90 Å². The van der Waals surface area contributed by atoms with E-state index in [0.29, 0.717) is 6.61 Å². The van der Waals surface area contributed by atoms with Crippen molar-refractivity contribution in [3.8, 4) is 11.5 Å². The summed E-state index contributed by atoms with van der Waals surface area (Å²) in [6.45, 7) is 10.6. The fraction of sp³-hybridized carbons (Fsp3) is 0.500. The maximum atomic E-state index is 6.52. The molecule has 0 N–H and O–H groups in total. The standard InChI is InChI=1S/C28H37NO3/c1-27(2)20-32-28(3,24-19-26(31-5)25(30-4)18-23(24)27)14-9-15-29-16-12-22(13-17-29)21-10-7-6-8-11-21/h6-8,10-12,18-19H,9,13-17,20H2,1-5H3. The zero-order valence-electron chi connectivity index (χ0n) is 20.2. The van der Waals surface area contributed by atoms with Crippen molar-refractivity contribution in [2.75, 3.05) is 40.5 Å². The third-order valence-corrected chi connectivity index (χ3v) is 7.14. The Labute approximate surface area is 193 Å². The molecule has 0 aromatic heterocycles. The monoisotopic (exact) mass is 435 g/mol. The van der Waals surface area contributed by atoms with Gasteiger partial charge in [0, 0.05) is 18.5 Å². The van der Waals surface area contributed by atoms with Crippen molar-refractivity contribution >= 4 is 5.57 Å². The van der Waals surface area contributed by atoms with Crippen LogP contribution in [0.2, 0.25) is 0 Å². The van der Waals surface area contributed by atoms with Gasteiger partial charge in [-0.15, -0.1) is 0 Å². The molecule has 0 spiro atoms. The van der Waals surface area contributed by atoms with Crippen molar-refractivity contribution in [3.63, 3.8) is 0 Å². The summed E-state index contributed by atoms with van der Waals surface area (Å²) >= 11 is 0. The summed E-state index contributed by atoms with van der Waals surface area (Å²) in [7, 11) is 3.40. The van der Waals surface area contributed by atoms with E-state index >= 15 is 0 Å². The summed E-state index contributed by atoms with van der Waals surface area (Å²) in [6.07, 6.45) is 5.59. The van der Waals surface area contributed by atoms with Crippen molar-refractivity contribution in [3.05, 3.63) is 65.2 Å². The summed E-state index contributed by atoms with van der Waals surface area (Å²) in [5, 5.41) is 0. The first-order chi connectivity index (χ1) is 15.4. The second kappa shape index (κ2) is 9.29. The second-order valence-electron chi connectivity index (χ2n) is 9.91. The van der Waals surface area contributed by atoms with Crippen LogP contribution >= 0.6 is 0 Å². The third-order valence-electron chi connectivity index (χ3n) is 7.14. The van der Waals surface area contributed by atoms with E-state index in [2.05, 4.69) is 74.2 Å². The molecule has 1 atom stereocenters. The lowest BCUT2D eigenvalue weighted by Crippen LogP contribution is -2.42. The largest absolute Gasteiger partial charge is 0.493 e. The number of benzene rings is 2. The van der Waals surface area contributed by atoms with Gasteiger partial charge in [-0.3, -0.25) is 4.90 Å². The lowest BCUT2D eigenvalue weighted by atomic mass is 9.73. The van der Waals surface area contributed by atoms with Crippen LogP contribution in [-0.4, -0.2) is 45.4 Å². The Bertz CT molecular complexity index is 966. The Morgan fingerprint density at radius 3 is 2.28 bits per heavy atom. The normalized spacial score (nSPS) is 22.7. The Morgan fingerprint density at radius 2 is 1.66 bits per heavy atom. The van der Waals surface area contributed by atoms with Gasteiger partial charge in [-0.2, -0.15) is 0 Å². The van der Waals surface area contributed by atoms with Gasteiger partial charge in [-0.1, -0.05) is 50.3 Å². The molecule has 32 heavy (non-hydrogen) atoms. The fourth-order valence-electron chi connectivity index (χ4n) is 5.05. The molecule has 4 heteroatoms. The molecule has 2 aromatic rings. The van der Waals surface area contributed by atoms with Crippen LogP contribution in [0.25, 0.3) is 5.57 Å². The van der Waals surface area contributed by atoms with Gasteiger partial charge in [0.1, 0.15) is 0 Å². The lowest BCUT2D eigenvalue weighted by molar-refractivity contribution is -0.0789. The minimum Gasteiger partial charge on any atom is -0.493 e. The van der Waals surface area contributed by atoms with Crippen LogP contribution in [0.4, 0.5) is 0 Å². The SMILES string of the molecule is COc1cc2c(cc1OC)C(C)(CCCN1CC=C(c3ccccc3)CC1)OCC2(C)C. The van der Waals surface area contributed by atoms with Gasteiger partial charge in [0.25, 0.3) is 0 Å². The molecule has 2 aliphatic rings. The molecule has 172 valence electrons. The number of methoxy groups -OCH3 is 2. The highest BCUT2D eigenvalue weighted by atomic mass is 16.5. The molecule has 0 bridgehead atoms. The average molecular weight is 436 g/mol. The molecular formula is C28H37NO3. The van der Waals surface area contributed by atoms with Crippen molar-refractivity contribution in [2.24, 2.45) is 0 Å². The maximum Gasteiger partial charge on any atom is 0.161 e. The molecule has 0 fully saturated rings. The average Bonchev–Trinajstić information content (AvgIpc) is 2.82. The van der Waals surface area contributed by atoms with Gasteiger partial charge in [0.2, 0.25) is 0 Å². The van der Waals surface area contributed by atoms with Gasteiger partial charge in [-0.25, -0.2) is 0 Å². The molecule has 4 rings (SSSR count). The Balaban J connectivity index is 1.43. The smallest absolute Gasteiger partial charge is 0.161 e. The topological polar surface area (TPSA) is 30.9 Å². The van der Waals surface area contributed by atoms with Crippen LogP contribution in [-0.2, 0) is 15.8 Å². The summed E-state index contributed by atoms with van der Waals surface area (Å²) < 4.78 is 17.7. The van der Waals surface area contributed by atoms with E-state index in [1.54, 1.807) is 14.2 Å². The molecule has 0 amide bonds. The van der Waals surface area contributed by atoms with Crippen LogP contribution in [0, 0.1) is 0 Å². The molecule has 2 aromatic carbocycles. The first kappa shape index (κ1) is 22.9. The van der Waals surface area contributed by atoms with Crippen LogP contribution in [0.5, 0.6) is 11.5 Å². The Morgan fingerprint density at radius 1 is 0.969 bits per heavy atom. The summed E-state index contributed by atoms with van der Waals surface area (Å²) in [6, 6.07) is 15.0. The van der Waals surface area contributed by atoms with Crippen LogP contribution in [0.1, 0.15) is 56.7 Å². The number of ether oxygens (including phenoxy) is 3. The molecule has 2 heterocycles. The van der Waals surface area contributed by atoms with Gasteiger partial charge in [0.05, 0.1) is 26.4 Å². The molecule has 0 aliphatic carbocycles. The minimum absolute atomic E-state index is 0.0557. The highest BCUT2D eigenvalue weighted by molar-refractivity contribution is 5.66. The quantitative estimate of drug-likeness (QED) is 0.550. The number of fused-ring (bicyclic) bond motifs is 1. The zero-order valence-corrected chi connectivity index (χ0v) is 20.2. The lowest BCUT2D eigenvalue weighted by Gasteiger charge is -2.44. The van der Waals surface area contributed by atoms with Crippen molar-refractivity contribution in [1.29, 1.82) is 0 Å². The minimum atomic E-state index is -0.314. The highest BCUT2D eigenvalue weighted by Crippen LogP contribution is 2.47. The number of nitrogens with zero attached hydrogens (tertiary/aromatic N) is 1. The van der Waals surface area contributed by atoms with E-state index in [9.17, 15) is 0 Å². The van der Waals surface area contributed by atoms with Gasteiger partial charge in [0.15, 0.2) is 11.5 Å². The molecular weight excluding hydrogens is 398 g/mol. The van der Waals surface area contributed by atoms with Crippen molar-refractivity contribution < 1.29 is 14.2 Å². The summed E-state index contributed by atoms with van der Waals surface area (Å²) in [4.78, 5) is 2.55. The van der Waals surface area contributed by atoms with E-state index in [0.717, 1.165) is 50.4 Å². The van der Waals surface area contributed by atoms with E-state index in [4.69, 9.17) is 14.2 Å². The van der Waals surface area contributed by atoms with Gasteiger partial charge < -0.3 is 14.2 Å². The molecule has 0 saturated carbocycles. The zero-order chi connectivity index (χ0) is 22.8. The Hall–Kier alpha value is -2.30. The van der Waals surface area contributed by atoms with Crippen molar-refractivity contribution in [2.45, 2.75) is 51.0 Å². The number of hydrogen-bond donors (Lipinski definition) is 0. The van der Waals surface area contributed by atoms with Gasteiger partial charge >= 0.3 is 0 Å². The second-order valence-corrected chi connectivity index (χ2v) is 9.91. The molecule has 4 nitrogen and oxygen atoms in total. The molecule has 2 aliphatic heterocycles. The number of rotatable bonds is 7. The first-order valence-corrected chi connectivity index (χ1v) is 11.7. The van der Waals surface area contributed by atoms with E-state index in [-0.39, 0.29) is 11.0 Å². The summed E-state index contributed by atoms with van der Waals surface area (Å²) in [5.41, 5.74) is 5.00. The maximum absolute atomic E-state index is 6.52. The summed E-state index contributed by atoms with van der Waals surface area (Å²) in [5.74, 6) is 1.56. The molecule has 0 radical (unpaired) electrons. The molecule has 0 saturated heterocycles. The Kier molecular flexibility index (Phi) is 6.64. The van der Waals surface area contributed by atoms with Crippen LogP contribution in [0.15, 0.2) is 48.5 Å². The van der Waals surface area contributed by atoms with E-state index in [1.165, 1.54) is 22.3 Å². The fourth-order valence-corrected chi connectivity index (χ4v) is 5.05. The van der Waals surface area contributed by atoms with Crippen LogP contribution in [0.3, 0.4) is 0 Å². The number of hydrogen-bond acceptors (Lipinski definition) is 4. The van der Waals surface area contributed by atoms with Crippen LogP contribution < -0.4 is 9.47 Å². The highest BCUT2D eigenvalue weighted by Gasteiger charge is 2.41. The van der Waals surface area contributed by atoms with E-state index < -0.39 is 0 Å².